The fourth-order valence-corrected chi connectivity index (χ4v) is 1.71. The molecule has 0 aliphatic carbocycles. The Balaban J connectivity index is 2.48. The maximum absolute atomic E-state index is 12.4. The zero-order chi connectivity index (χ0) is 13.0. The molecule has 1 aromatic carbocycles. The molecule has 0 unspecified atom stereocenters. The van der Waals surface area contributed by atoms with Gasteiger partial charge in [0.25, 0.3) is 0 Å². The van der Waals surface area contributed by atoms with Gasteiger partial charge in [0.2, 0.25) is 5.78 Å². The van der Waals surface area contributed by atoms with Crippen molar-refractivity contribution in [2.45, 2.75) is 0 Å². The van der Waals surface area contributed by atoms with Crippen molar-refractivity contribution in [2.24, 2.45) is 0 Å². The molecule has 0 amide bonds. The number of nitrogens with zero attached hydrogens (tertiary/aromatic N) is 1. The number of pyridine rings is 1. The molecule has 0 aliphatic rings. The van der Waals surface area contributed by atoms with Crippen molar-refractivity contribution in [3.8, 4) is 11.5 Å². The summed E-state index contributed by atoms with van der Waals surface area (Å²) < 4.78 is 10.3. The van der Waals surface area contributed by atoms with E-state index in [9.17, 15) is 4.79 Å². The van der Waals surface area contributed by atoms with Gasteiger partial charge in [-0.2, -0.15) is 0 Å². The average molecular weight is 243 g/mol. The Morgan fingerprint density at radius 1 is 1.00 bits per heavy atom. The fraction of sp³-hybridized carbons (Fsp3) is 0.143. The normalized spacial score (nSPS) is 9.89. The molecule has 2 rings (SSSR count). The highest BCUT2D eigenvalue weighted by Gasteiger charge is 2.17. The number of hydrogen-bond acceptors (Lipinski definition) is 4. The molecule has 1 heterocycles. The maximum Gasteiger partial charge on any atom is 0.200 e. The van der Waals surface area contributed by atoms with E-state index in [4.69, 9.17) is 9.47 Å². The Labute approximate surface area is 105 Å². The van der Waals surface area contributed by atoms with Gasteiger partial charge in [0.15, 0.2) is 0 Å². The number of rotatable bonds is 4. The van der Waals surface area contributed by atoms with Crippen molar-refractivity contribution in [3.63, 3.8) is 0 Å². The van der Waals surface area contributed by atoms with E-state index in [-0.39, 0.29) is 5.78 Å². The van der Waals surface area contributed by atoms with Crippen LogP contribution < -0.4 is 9.47 Å². The molecule has 0 saturated heterocycles. The van der Waals surface area contributed by atoms with Crippen LogP contribution in [-0.2, 0) is 0 Å². The minimum atomic E-state index is -0.147. The van der Waals surface area contributed by atoms with Gasteiger partial charge in [0.05, 0.1) is 31.5 Å². The Hall–Kier alpha value is -2.36. The van der Waals surface area contributed by atoms with Crippen LogP contribution in [0.1, 0.15) is 15.9 Å². The van der Waals surface area contributed by atoms with Gasteiger partial charge in [-0.05, 0) is 18.2 Å². The minimum absolute atomic E-state index is 0.147. The fourth-order valence-electron chi connectivity index (χ4n) is 1.71. The predicted molar refractivity (Wildman–Crippen MR) is 67.2 cm³/mol. The first-order valence-electron chi connectivity index (χ1n) is 5.43. The van der Waals surface area contributed by atoms with E-state index in [1.807, 2.05) is 6.07 Å². The third kappa shape index (κ3) is 2.18. The molecule has 92 valence electrons. The lowest BCUT2D eigenvalue weighted by Gasteiger charge is -2.09. The Morgan fingerprint density at radius 3 is 2.39 bits per heavy atom. The van der Waals surface area contributed by atoms with Crippen LogP contribution in [-0.4, -0.2) is 25.0 Å². The lowest BCUT2D eigenvalue weighted by Crippen LogP contribution is -2.06. The third-order valence-corrected chi connectivity index (χ3v) is 2.60. The Bertz CT molecular complexity index is 517. The Morgan fingerprint density at radius 2 is 1.67 bits per heavy atom. The number of para-hydroxylation sites is 1. The summed E-state index contributed by atoms with van der Waals surface area (Å²) >= 11 is 0. The third-order valence-electron chi connectivity index (χ3n) is 2.60. The lowest BCUT2D eigenvalue weighted by atomic mass is 10.0. The number of carbonyl (C=O) groups excluding carboxylic acids is 1. The molecule has 0 atom stereocenters. The summed E-state index contributed by atoms with van der Waals surface area (Å²) in [5.74, 6) is 0.849. The van der Waals surface area contributed by atoms with Gasteiger partial charge in [0.1, 0.15) is 11.5 Å². The summed E-state index contributed by atoms with van der Waals surface area (Å²) in [6.07, 6.45) is 3.08. The Kier molecular flexibility index (Phi) is 3.57. The largest absolute Gasteiger partial charge is 0.496 e. The summed E-state index contributed by atoms with van der Waals surface area (Å²) in [6, 6.07) is 8.72. The molecule has 4 nitrogen and oxygen atoms in total. The van der Waals surface area contributed by atoms with Crippen LogP contribution in [0.15, 0.2) is 42.7 Å². The van der Waals surface area contributed by atoms with Gasteiger partial charge in [0, 0.05) is 6.20 Å². The van der Waals surface area contributed by atoms with Crippen molar-refractivity contribution in [1.82, 2.24) is 4.98 Å². The number of hydrogen-bond donors (Lipinski definition) is 0. The van der Waals surface area contributed by atoms with Gasteiger partial charge in [-0.3, -0.25) is 9.78 Å². The first kappa shape index (κ1) is 12.1. The summed E-state index contributed by atoms with van der Waals surface area (Å²) in [5.41, 5.74) is 0.974. The predicted octanol–water partition coefficient (Wildman–Crippen LogP) is 2.33. The number of aromatic nitrogens is 1. The maximum atomic E-state index is 12.4. The molecule has 0 spiro atoms. The molecule has 0 bridgehead atoms. The van der Waals surface area contributed by atoms with Crippen LogP contribution in [0.5, 0.6) is 11.5 Å². The summed E-state index contributed by atoms with van der Waals surface area (Å²) in [5, 5.41) is 0. The molecule has 1 aromatic heterocycles. The second-order valence-corrected chi connectivity index (χ2v) is 3.61. The minimum Gasteiger partial charge on any atom is -0.496 e. The highest BCUT2D eigenvalue weighted by atomic mass is 16.5. The number of methoxy groups -OCH3 is 2. The van der Waals surface area contributed by atoms with Gasteiger partial charge < -0.3 is 9.47 Å². The van der Waals surface area contributed by atoms with E-state index in [1.54, 1.807) is 30.5 Å². The lowest BCUT2D eigenvalue weighted by molar-refractivity contribution is 0.103. The molecular formula is C14H13NO3. The smallest absolute Gasteiger partial charge is 0.200 e. The molecule has 4 heteroatoms. The van der Waals surface area contributed by atoms with Crippen molar-refractivity contribution in [1.29, 1.82) is 0 Å². The van der Waals surface area contributed by atoms with Crippen LogP contribution in [0.3, 0.4) is 0 Å². The van der Waals surface area contributed by atoms with E-state index >= 15 is 0 Å². The number of ketones is 1. The number of benzene rings is 1. The highest BCUT2D eigenvalue weighted by Crippen LogP contribution is 2.25. The highest BCUT2D eigenvalue weighted by molar-refractivity contribution is 6.12. The van der Waals surface area contributed by atoms with E-state index < -0.39 is 0 Å². The molecule has 0 radical (unpaired) electrons. The molecule has 0 N–H and O–H groups in total. The summed E-state index contributed by atoms with van der Waals surface area (Å²) in [7, 11) is 3.05. The molecule has 0 fully saturated rings. The van der Waals surface area contributed by atoms with Gasteiger partial charge in [-0.1, -0.05) is 12.1 Å². The average Bonchev–Trinajstić information content (AvgIpc) is 2.46. The van der Waals surface area contributed by atoms with E-state index in [0.717, 1.165) is 0 Å². The molecule has 18 heavy (non-hydrogen) atoms. The number of carbonyl (C=O) groups is 1. The van der Waals surface area contributed by atoms with E-state index in [1.165, 1.54) is 20.4 Å². The standard InChI is InChI=1S/C14H13NO3/c1-17-12-6-4-3-5-10(12)14(16)11-7-8-15-9-13(11)18-2/h3-9H,1-2H3. The molecular weight excluding hydrogens is 230 g/mol. The van der Waals surface area contributed by atoms with Crippen LogP contribution in [0, 0.1) is 0 Å². The van der Waals surface area contributed by atoms with Gasteiger partial charge >= 0.3 is 0 Å². The second-order valence-electron chi connectivity index (χ2n) is 3.61. The van der Waals surface area contributed by atoms with Crippen LogP contribution in [0.4, 0.5) is 0 Å². The molecule has 0 saturated carbocycles. The van der Waals surface area contributed by atoms with E-state index in [2.05, 4.69) is 4.98 Å². The summed E-state index contributed by atoms with van der Waals surface area (Å²) in [6.45, 7) is 0. The van der Waals surface area contributed by atoms with Crippen molar-refractivity contribution in [2.75, 3.05) is 14.2 Å². The second kappa shape index (κ2) is 5.31. The van der Waals surface area contributed by atoms with Crippen LogP contribution >= 0.6 is 0 Å². The van der Waals surface area contributed by atoms with Crippen LogP contribution in [0.2, 0.25) is 0 Å². The van der Waals surface area contributed by atoms with Crippen molar-refractivity contribution in [3.05, 3.63) is 53.9 Å². The van der Waals surface area contributed by atoms with E-state index in [0.29, 0.717) is 22.6 Å². The topological polar surface area (TPSA) is 48.4 Å². The van der Waals surface area contributed by atoms with Crippen LogP contribution in [0.25, 0.3) is 0 Å². The zero-order valence-electron chi connectivity index (χ0n) is 10.2. The first-order chi connectivity index (χ1) is 8.77. The quantitative estimate of drug-likeness (QED) is 0.773. The monoisotopic (exact) mass is 243 g/mol. The van der Waals surface area contributed by atoms with Gasteiger partial charge in [-0.15, -0.1) is 0 Å². The summed E-state index contributed by atoms with van der Waals surface area (Å²) in [4.78, 5) is 16.3. The number of ether oxygens (including phenoxy) is 2. The molecule has 0 aliphatic heterocycles. The van der Waals surface area contributed by atoms with Gasteiger partial charge in [-0.25, -0.2) is 0 Å². The first-order valence-corrected chi connectivity index (χ1v) is 5.43. The van der Waals surface area contributed by atoms with Crippen molar-refractivity contribution >= 4 is 5.78 Å². The molecule has 2 aromatic rings. The SMILES string of the molecule is COc1ccccc1C(=O)c1ccncc1OC. The van der Waals surface area contributed by atoms with Crippen molar-refractivity contribution < 1.29 is 14.3 Å². The zero-order valence-corrected chi connectivity index (χ0v) is 10.2.